The van der Waals surface area contributed by atoms with E-state index in [0.717, 1.165) is 5.56 Å². The molecular formula is C21H21ClN4O5S. The van der Waals surface area contributed by atoms with Crippen LogP contribution >= 0.6 is 11.6 Å². The fourth-order valence-electron chi connectivity index (χ4n) is 3.39. The predicted octanol–water partition coefficient (Wildman–Crippen LogP) is 1.72. The Hall–Kier alpha value is -2.95. The van der Waals surface area contributed by atoms with E-state index in [-0.39, 0.29) is 24.5 Å². The van der Waals surface area contributed by atoms with Crippen molar-refractivity contribution in [1.82, 2.24) is 14.9 Å². The average molecular weight is 477 g/mol. The average Bonchev–Trinajstić information content (AvgIpc) is 3.55. The summed E-state index contributed by atoms with van der Waals surface area (Å²) in [6, 6.07) is 9.92. The molecule has 0 radical (unpaired) electrons. The highest BCUT2D eigenvalue weighted by Gasteiger charge is 2.54. The van der Waals surface area contributed by atoms with Gasteiger partial charge in [0.25, 0.3) is 11.5 Å². The number of halogens is 1. The van der Waals surface area contributed by atoms with Crippen LogP contribution in [0.1, 0.15) is 28.8 Å². The van der Waals surface area contributed by atoms with Gasteiger partial charge in [-0.3, -0.25) is 14.6 Å². The Labute approximate surface area is 189 Å². The Morgan fingerprint density at radius 1 is 1.28 bits per heavy atom. The Balaban J connectivity index is 1.60. The number of ether oxygens (including phenoxy) is 1. The van der Waals surface area contributed by atoms with Gasteiger partial charge >= 0.3 is 0 Å². The number of hydrogen-bond acceptors (Lipinski definition) is 6. The summed E-state index contributed by atoms with van der Waals surface area (Å²) in [4.78, 5) is 29.8. The van der Waals surface area contributed by atoms with E-state index in [2.05, 4.69) is 10.3 Å². The maximum absolute atomic E-state index is 12.9. The molecule has 1 fully saturated rings. The molecule has 3 aromatic rings. The number of nitrogens with one attached hydrogen (secondary N) is 1. The molecule has 3 N–H and O–H groups in total. The largest absolute Gasteiger partial charge is 0.490 e. The van der Waals surface area contributed by atoms with Crippen molar-refractivity contribution in [2.24, 2.45) is 12.2 Å². The second-order valence-corrected chi connectivity index (χ2v) is 10.2. The molecule has 1 aliphatic rings. The van der Waals surface area contributed by atoms with Gasteiger partial charge < -0.3 is 14.6 Å². The van der Waals surface area contributed by atoms with Crippen molar-refractivity contribution in [2.45, 2.75) is 24.1 Å². The number of nitrogens with two attached hydrogens (primary N) is 1. The van der Waals surface area contributed by atoms with E-state index < -0.39 is 26.2 Å². The number of rotatable bonds is 7. The van der Waals surface area contributed by atoms with Gasteiger partial charge in [-0.1, -0.05) is 23.7 Å². The number of aryl methyl sites for hydroxylation is 1. The minimum absolute atomic E-state index is 0.0678. The molecular weight excluding hydrogens is 456 g/mol. The third kappa shape index (κ3) is 4.21. The summed E-state index contributed by atoms with van der Waals surface area (Å²) in [7, 11) is -2.25. The smallest absolute Gasteiger partial charge is 0.263 e. The lowest BCUT2D eigenvalue weighted by Crippen LogP contribution is -2.36. The Morgan fingerprint density at radius 2 is 1.97 bits per heavy atom. The van der Waals surface area contributed by atoms with Gasteiger partial charge in [0.2, 0.25) is 10.0 Å². The zero-order chi connectivity index (χ0) is 23.1. The van der Waals surface area contributed by atoms with Crippen LogP contribution in [0.4, 0.5) is 0 Å². The van der Waals surface area contributed by atoms with Crippen molar-refractivity contribution in [3.8, 4) is 5.75 Å². The van der Waals surface area contributed by atoms with E-state index in [9.17, 15) is 18.0 Å². The number of nitrogens with zero attached hydrogens (tertiary/aromatic N) is 2. The summed E-state index contributed by atoms with van der Waals surface area (Å²) in [6.07, 6.45) is 2.31. The van der Waals surface area contributed by atoms with E-state index in [4.69, 9.17) is 21.5 Å². The molecule has 2 heterocycles. The highest BCUT2D eigenvalue weighted by Crippen LogP contribution is 2.42. The van der Waals surface area contributed by atoms with Crippen LogP contribution in [0.3, 0.4) is 0 Å². The van der Waals surface area contributed by atoms with Crippen LogP contribution in [-0.4, -0.2) is 35.2 Å². The van der Waals surface area contributed by atoms with Crippen LogP contribution < -0.4 is 20.8 Å². The summed E-state index contributed by atoms with van der Waals surface area (Å²) in [5.74, 6) is -0.251. The molecule has 1 aromatic carbocycles. The van der Waals surface area contributed by atoms with Gasteiger partial charge in [0.1, 0.15) is 28.2 Å². The molecule has 0 aliphatic heterocycles. The van der Waals surface area contributed by atoms with Crippen LogP contribution in [0.25, 0.3) is 11.0 Å². The quantitative estimate of drug-likeness (QED) is 0.533. The lowest BCUT2D eigenvalue weighted by atomic mass is 10.2. The van der Waals surface area contributed by atoms with E-state index in [1.807, 2.05) is 0 Å². The van der Waals surface area contributed by atoms with Crippen molar-refractivity contribution in [3.05, 3.63) is 69.1 Å². The molecule has 4 rings (SSSR count). The summed E-state index contributed by atoms with van der Waals surface area (Å²) >= 11 is 5.87. The molecule has 1 amide bonds. The molecule has 0 atom stereocenters. The first-order chi connectivity index (χ1) is 15.1. The number of aromatic nitrogens is 2. The molecule has 168 valence electrons. The molecule has 0 saturated heterocycles. The first-order valence-corrected chi connectivity index (χ1v) is 11.7. The van der Waals surface area contributed by atoms with Crippen molar-refractivity contribution in [2.75, 3.05) is 6.61 Å². The minimum atomic E-state index is -3.75. The van der Waals surface area contributed by atoms with E-state index in [1.165, 1.54) is 23.9 Å². The van der Waals surface area contributed by atoms with Gasteiger partial charge in [0, 0.05) is 30.9 Å². The van der Waals surface area contributed by atoms with Crippen molar-refractivity contribution in [3.63, 3.8) is 0 Å². The highest BCUT2D eigenvalue weighted by molar-refractivity contribution is 7.90. The number of hydrogen-bond donors (Lipinski definition) is 2. The zero-order valence-corrected chi connectivity index (χ0v) is 18.7. The predicted molar refractivity (Wildman–Crippen MR) is 120 cm³/mol. The normalized spacial score (nSPS) is 14.8. The van der Waals surface area contributed by atoms with E-state index >= 15 is 0 Å². The third-order valence-corrected chi connectivity index (χ3v) is 7.57. The van der Waals surface area contributed by atoms with Gasteiger partial charge in [-0.25, -0.2) is 13.6 Å². The standard InChI is InChI=1S/C21H21ClN4O5S/c1-26-18-16(24-9-6-17(18)31-12-21(7-8-21)32(23,29)30)10-15(20(26)28)19(27)25-11-13-2-4-14(22)5-3-13/h2-6,9-10H,7-8,11-12H2,1H3,(H,25,27)(H2,23,29,30). The molecule has 32 heavy (non-hydrogen) atoms. The summed E-state index contributed by atoms with van der Waals surface area (Å²) in [5.41, 5.74) is 0.954. The van der Waals surface area contributed by atoms with Crippen LogP contribution in [0.5, 0.6) is 5.75 Å². The van der Waals surface area contributed by atoms with Crippen LogP contribution in [-0.2, 0) is 23.6 Å². The second-order valence-electron chi connectivity index (χ2n) is 7.79. The summed E-state index contributed by atoms with van der Waals surface area (Å²) in [6.45, 7) is 0.103. The second kappa shape index (κ2) is 8.19. The van der Waals surface area contributed by atoms with E-state index in [0.29, 0.717) is 28.9 Å². The molecule has 2 aromatic heterocycles. The number of carbonyl (C=O) groups excluding carboxylic acids is 1. The van der Waals surface area contributed by atoms with Crippen LogP contribution in [0, 0.1) is 0 Å². The lowest BCUT2D eigenvalue weighted by molar-refractivity contribution is 0.0949. The number of fused-ring (bicyclic) bond motifs is 1. The Bertz CT molecular complexity index is 1370. The van der Waals surface area contributed by atoms with Crippen molar-refractivity contribution in [1.29, 1.82) is 0 Å². The number of sulfonamides is 1. The first-order valence-electron chi connectivity index (χ1n) is 9.78. The Morgan fingerprint density at radius 3 is 2.59 bits per heavy atom. The maximum atomic E-state index is 12.9. The molecule has 1 saturated carbocycles. The number of primary sulfonamides is 1. The first kappa shape index (κ1) is 22.3. The summed E-state index contributed by atoms with van der Waals surface area (Å²) in [5, 5.41) is 8.62. The minimum Gasteiger partial charge on any atom is -0.490 e. The third-order valence-electron chi connectivity index (χ3n) is 5.58. The van der Waals surface area contributed by atoms with Gasteiger partial charge in [0.15, 0.2) is 0 Å². The van der Waals surface area contributed by atoms with Gasteiger partial charge in [-0.2, -0.15) is 0 Å². The SMILES string of the molecule is Cn1c(=O)c(C(=O)NCc2ccc(Cl)cc2)cc2nccc(OCC3(S(N)(=O)=O)CC3)c21. The topological polar surface area (TPSA) is 133 Å². The van der Waals surface area contributed by atoms with Crippen molar-refractivity contribution >= 4 is 38.6 Å². The maximum Gasteiger partial charge on any atom is 0.263 e. The number of amides is 1. The molecule has 0 bridgehead atoms. The fourth-order valence-corrected chi connectivity index (χ4v) is 4.41. The number of carbonyl (C=O) groups is 1. The van der Waals surface area contributed by atoms with Gasteiger partial charge in [0.05, 0.1) is 5.52 Å². The Kier molecular flexibility index (Phi) is 5.70. The number of pyridine rings is 2. The molecule has 9 nitrogen and oxygen atoms in total. The highest BCUT2D eigenvalue weighted by atomic mass is 35.5. The molecule has 0 unspecified atom stereocenters. The summed E-state index contributed by atoms with van der Waals surface area (Å²) < 4.78 is 29.5. The van der Waals surface area contributed by atoms with E-state index in [1.54, 1.807) is 30.3 Å². The van der Waals surface area contributed by atoms with Gasteiger partial charge in [-0.05, 0) is 36.6 Å². The fraction of sp³-hybridized carbons (Fsp3) is 0.286. The zero-order valence-electron chi connectivity index (χ0n) is 17.2. The van der Waals surface area contributed by atoms with Gasteiger partial charge in [-0.15, -0.1) is 0 Å². The number of benzene rings is 1. The molecule has 0 spiro atoms. The van der Waals surface area contributed by atoms with Crippen LogP contribution in [0.15, 0.2) is 47.4 Å². The van der Waals surface area contributed by atoms with Crippen LogP contribution in [0.2, 0.25) is 5.02 Å². The van der Waals surface area contributed by atoms with Crippen molar-refractivity contribution < 1.29 is 17.9 Å². The molecule has 11 heteroatoms. The molecule has 1 aliphatic carbocycles. The monoisotopic (exact) mass is 476 g/mol. The lowest BCUT2D eigenvalue weighted by Gasteiger charge is -2.16.